The van der Waals surface area contributed by atoms with Crippen molar-refractivity contribution >= 4 is 50.8 Å². The van der Waals surface area contributed by atoms with E-state index < -0.39 is 5.97 Å². The molecule has 0 unspecified atom stereocenters. The van der Waals surface area contributed by atoms with Gasteiger partial charge in [-0.15, -0.1) is 11.3 Å². The number of fused-ring (bicyclic) bond motifs is 1. The van der Waals surface area contributed by atoms with Gasteiger partial charge in [-0.1, -0.05) is 30.2 Å². The minimum atomic E-state index is -0.448. The number of esters is 1. The summed E-state index contributed by atoms with van der Waals surface area (Å²) in [5.41, 5.74) is 3.54. The van der Waals surface area contributed by atoms with Crippen LogP contribution >= 0.6 is 22.9 Å². The van der Waals surface area contributed by atoms with E-state index in [4.69, 9.17) is 30.8 Å². The van der Waals surface area contributed by atoms with Crippen LogP contribution in [0.4, 0.5) is 5.13 Å². The minimum Gasteiger partial charge on any atom is -0.496 e. The van der Waals surface area contributed by atoms with E-state index in [9.17, 15) is 9.59 Å². The molecule has 0 saturated heterocycles. The number of nitrogens with one attached hydrogen (secondary N) is 1. The molecule has 2 aromatic carbocycles. The van der Waals surface area contributed by atoms with Gasteiger partial charge in [-0.3, -0.25) is 14.9 Å². The monoisotopic (exact) mass is 527 g/mol. The second-order valence-corrected chi connectivity index (χ2v) is 9.53. The van der Waals surface area contributed by atoms with E-state index in [1.54, 1.807) is 37.0 Å². The maximum Gasteiger partial charge on any atom is 0.325 e. The van der Waals surface area contributed by atoms with Gasteiger partial charge < -0.3 is 18.8 Å². The third kappa shape index (κ3) is 4.89. The van der Waals surface area contributed by atoms with Gasteiger partial charge in [0.15, 0.2) is 5.13 Å². The Balaban J connectivity index is 1.73. The van der Waals surface area contributed by atoms with Gasteiger partial charge in [0.1, 0.15) is 23.7 Å². The molecule has 0 atom stereocenters. The molecule has 0 fully saturated rings. The van der Waals surface area contributed by atoms with Gasteiger partial charge in [0.05, 0.1) is 32.0 Å². The molecule has 2 aromatic heterocycles. The van der Waals surface area contributed by atoms with Gasteiger partial charge >= 0.3 is 5.97 Å². The van der Waals surface area contributed by atoms with Crippen LogP contribution in [0.25, 0.3) is 22.2 Å². The lowest BCUT2D eigenvalue weighted by Crippen LogP contribution is -2.20. The van der Waals surface area contributed by atoms with E-state index >= 15 is 0 Å². The van der Waals surface area contributed by atoms with Crippen LogP contribution in [0.5, 0.6) is 11.5 Å². The molecular weight excluding hydrogens is 502 g/mol. The second kappa shape index (κ2) is 10.6. The molecular formula is C26H26ClN3O5S. The first-order valence-electron chi connectivity index (χ1n) is 11.2. The first kappa shape index (κ1) is 25.5. The SMILES string of the molecule is CCc1sc(NC(=O)c2cc3cc(C)ccc3n2CC(=O)OC)nc1-c1cc(OC)c(Cl)cc1OC. The molecule has 0 aliphatic heterocycles. The molecule has 4 rings (SSSR count). The van der Waals surface area contributed by atoms with Gasteiger partial charge in [-0.25, -0.2) is 4.98 Å². The van der Waals surface area contributed by atoms with E-state index in [1.165, 1.54) is 18.4 Å². The molecule has 0 spiro atoms. The van der Waals surface area contributed by atoms with Crippen molar-refractivity contribution in [2.24, 2.45) is 0 Å². The number of hydrogen-bond acceptors (Lipinski definition) is 7. The number of amides is 1. The van der Waals surface area contributed by atoms with Crippen LogP contribution < -0.4 is 14.8 Å². The summed E-state index contributed by atoms with van der Waals surface area (Å²) in [6, 6.07) is 11.0. The predicted molar refractivity (Wildman–Crippen MR) is 142 cm³/mol. The molecule has 0 bridgehead atoms. The summed E-state index contributed by atoms with van der Waals surface area (Å²) in [4.78, 5) is 31.1. The highest BCUT2D eigenvalue weighted by Gasteiger charge is 2.22. The number of hydrogen-bond donors (Lipinski definition) is 1. The molecule has 36 heavy (non-hydrogen) atoms. The molecule has 2 heterocycles. The number of aryl methyl sites for hydroxylation is 2. The molecule has 1 amide bonds. The third-order valence-corrected chi connectivity index (χ3v) is 7.18. The number of anilines is 1. The van der Waals surface area contributed by atoms with Crippen molar-refractivity contribution in [3.05, 3.63) is 57.6 Å². The number of carbonyl (C=O) groups excluding carboxylic acids is 2. The van der Waals surface area contributed by atoms with Crippen molar-refractivity contribution in [1.29, 1.82) is 0 Å². The standard InChI is InChI=1S/C26H26ClN3O5S/c1-6-22-24(16-11-21(34-4)17(27)12-20(16)33-3)28-26(36-22)29-25(32)19-10-15-9-14(2)7-8-18(15)30(19)13-23(31)35-5/h7-12H,6,13H2,1-5H3,(H,28,29,32). The van der Waals surface area contributed by atoms with Gasteiger partial charge in [0, 0.05) is 27.4 Å². The van der Waals surface area contributed by atoms with Crippen LogP contribution in [0.2, 0.25) is 5.02 Å². The second-order valence-electron chi connectivity index (χ2n) is 8.04. The van der Waals surface area contributed by atoms with Crippen molar-refractivity contribution in [3.8, 4) is 22.8 Å². The topological polar surface area (TPSA) is 91.7 Å². The summed E-state index contributed by atoms with van der Waals surface area (Å²) in [6.45, 7) is 3.90. The number of thiazole rings is 1. The normalized spacial score (nSPS) is 10.9. The molecule has 8 nitrogen and oxygen atoms in total. The maximum absolute atomic E-state index is 13.4. The molecule has 4 aromatic rings. The summed E-state index contributed by atoms with van der Waals surface area (Å²) < 4.78 is 17.4. The predicted octanol–water partition coefficient (Wildman–Crippen LogP) is 5.73. The van der Waals surface area contributed by atoms with Crippen LogP contribution in [0.1, 0.15) is 27.9 Å². The lowest BCUT2D eigenvalue weighted by atomic mass is 10.1. The Hall–Kier alpha value is -3.56. The molecule has 188 valence electrons. The first-order valence-corrected chi connectivity index (χ1v) is 12.4. The Morgan fingerprint density at radius 2 is 1.83 bits per heavy atom. The molecule has 0 aliphatic rings. The van der Waals surface area contributed by atoms with E-state index in [1.807, 2.05) is 32.0 Å². The van der Waals surface area contributed by atoms with Crippen LogP contribution in [0.15, 0.2) is 36.4 Å². The number of carbonyl (C=O) groups is 2. The number of aromatic nitrogens is 2. The van der Waals surface area contributed by atoms with Crippen LogP contribution in [0.3, 0.4) is 0 Å². The average molecular weight is 528 g/mol. The fraction of sp³-hybridized carbons (Fsp3) is 0.269. The summed E-state index contributed by atoms with van der Waals surface area (Å²) >= 11 is 7.65. The average Bonchev–Trinajstić information content (AvgIpc) is 3.44. The smallest absolute Gasteiger partial charge is 0.325 e. The Labute approximate surface area is 217 Å². The number of halogens is 1. The van der Waals surface area contributed by atoms with Crippen molar-refractivity contribution in [2.75, 3.05) is 26.6 Å². The molecule has 0 radical (unpaired) electrons. The number of nitrogens with zero attached hydrogens (tertiary/aromatic N) is 2. The molecule has 0 saturated carbocycles. The highest BCUT2D eigenvalue weighted by atomic mass is 35.5. The van der Waals surface area contributed by atoms with Crippen molar-refractivity contribution in [3.63, 3.8) is 0 Å². The fourth-order valence-corrected chi connectivity index (χ4v) is 5.15. The first-order chi connectivity index (χ1) is 17.3. The zero-order valence-electron chi connectivity index (χ0n) is 20.6. The molecule has 10 heteroatoms. The van der Waals surface area contributed by atoms with E-state index in [2.05, 4.69) is 5.32 Å². The Morgan fingerprint density at radius 3 is 2.50 bits per heavy atom. The van der Waals surface area contributed by atoms with Gasteiger partial charge in [0.25, 0.3) is 5.91 Å². The quantitative estimate of drug-likeness (QED) is 0.294. The van der Waals surface area contributed by atoms with Crippen molar-refractivity contribution in [1.82, 2.24) is 9.55 Å². The Kier molecular flexibility index (Phi) is 7.51. The Morgan fingerprint density at radius 1 is 1.08 bits per heavy atom. The maximum atomic E-state index is 13.4. The summed E-state index contributed by atoms with van der Waals surface area (Å²) in [6.07, 6.45) is 0.693. The third-order valence-electron chi connectivity index (χ3n) is 5.77. The lowest BCUT2D eigenvalue weighted by molar-refractivity contribution is -0.141. The highest BCUT2D eigenvalue weighted by molar-refractivity contribution is 7.16. The van der Waals surface area contributed by atoms with Gasteiger partial charge in [0.2, 0.25) is 0 Å². The van der Waals surface area contributed by atoms with E-state index in [0.717, 1.165) is 21.3 Å². The summed E-state index contributed by atoms with van der Waals surface area (Å²) in [5, 5.41) is 4.61. The fourth-order valence-electron chi connectivity index (χ4n) is 4.00. The molecule has 0 aliphatic carbocycles. The van der Waals surface area contributed by atoms with E-state index in [-0.39, 0.29) is 12.5 Å². The van der Waals surface area contributed by atoms with Crippen molar-refractivity contribution in [2.45, 2.75) is 26.8 Å². The Bertz CT molecular complexity index is 1460. The number of benzene rings is 2. The summed E-state index contributed by atoms with van der Waals surface area (Å²) in [5.74, 6) is 0.218. The number of rotatable bonds is 8. The number of ether oxygens (including phenoxy) is 3. The zero-order chi connectivity index (χ0) is 26.0. The minimum absolute atomic E-state index is 0.0864. The lowest BCUT2D eigenvalue weighted by Gasteiger charge is -2.11. The van der Waals surface area contributed by atoms with Gasteiger partial charge in [-0.2, -0.15) is 0 Å². The summed E-state index contributed by atoms with van der Waals surface area (Å²) in [7, 11) is 4.42. The largest absolute Gasteiger partial charge is 0.496 e. The van der Waals surface area contributed by atoms with Crippen molar-refractivity contribution < 1.29 is 23.8 Å². The zero-order valence-corrected chi connectivity index (χ0v) is 22.2. The highest BCUT2D eigenvalue weighted by Crippen LogP contribution is 2.41. The van der Waals surface area contributed by atoms with Crippen LogP contribution in [-0.4, -0.2) is 42.8 Å². The van der Waals surface area contributed by atoms with Gasteiger partial charge in [-0.05, 0) is 37.6 Å². The van der Waals surface area contributed by atoms with E-state index in [0.29, 0.717) is 45.0 Å². The number of methoxy groups -OCH3 is 3. The van der Waals surface area contributed by atoms with Crippen LogP contribution in [-0.2, 0) is 22.5 Å². The van der Waals surface area contributed by atoms with Crippen LogP contribution in [0, 0.1) is 6.92 Å². The molecule has 1 N–H and O–H groups in total.